The van der Waals surface area contributed by atoms with Gasteiger partial charge in [-0.2, -0.15) is 5.10 Å². The summed E-state index contributed by atoms with van der Waals surface area (Å²) >= 11 is 6.95. The number of amides is 1. The Bertz CT molecular complexity index is 1250. The quantitative estimate of drug-likeness (QED) is 0.213. The fraction of sp³-hybridized carbons (Fsp3) is 0.0833. The number of hydrogen-bond donors (Lipinski definition) is 1. The van der Waals surface area contributed by atoms with Gasteiger partial charge in [0.1, 0.15) is 12.2 Å². The van der Waals surface area contributed by atoms with Crippen LogP contribution in [0.2, 0.25) is 0 Å². The number of ether oxygens (including phenoxy) is 2. The Kier molecular flexibility index (Phi) is 6.92. The maximum Gasteiger partial charge on any atom is 0.307 e. The van der Waals surface area contributed by atoms with E-state index in [9.17, 15) is 4.79 Å². The van der Waals surface area contributed by atoms with E-state index in [4.69, 9.17) is 13.9 Å². The van der Waals surface area contributed by atoms with Crippen LogP contribution < -0.4 is 14.9 Å². The molecule has 0 saturated carbocycles. The first-order valence-electron chi connectivity index (χ1n) is 9.60. The molecule has 0 atom stereocenters. The summed E-state index contributed by atoms with van der Waals surface area (Å²) in [5.41, 5.74) is 4.87. The summed E-state index contributed by atoms with van der Waals surface area (Å²) in [6, 6.07) is 20.6. The van der Waals surface area contributed by atoms with E-state index in [1.807, 2.05) is 48.5 Å². The molecular formula is C24H18Br2N2O4. The number of methoxy groups -OCH3 is 1. The highest BCUT2D eigenvalue weighted by Gasteiger charge is 2.13. The average molecular weight is 558 g/mol. The normalized spacial score (nSPS) is 11.1. The van der Waals surface area contributed by atoms with E-state index in [2.05, 4.69) is 42.4 Å². The molecule has 0 aliphatic rings. The standard InChI is InChI=1S/C24H18Br2N2O4/c1-30-21-11-16(10-19(26)23(21)31-14-15-6-8-18(25)9-7-15)13-27-28-24(29)22-12-17-4-2-3-5-20(17)32-22/h2-13H,14H2,1H3,(H,28,29)/b27-13+. The third kappa shape index (κ3) is 5.20. The number of benzene rings is 3. The van der Waals surface area contributed by atoms with Gasteiger partial charge in [-0.15, -0.1) is 0 Å². The van der Waals surface area contributed by atoms with Crippen molar-refractivity contribution < 1.29 is 18.7 Å². The SMILES string of the molecule is COc1cc(/C=N/NC(=O)c2cc3ccccc3o2)cc(Br)c1OCc1ccc(Br)cc1. The number of nitrogens with zero attached hydrogens (tertiary/aromatic N) is 1. The second-order valence-electron chi connectivity index (χ2n) is 6.80. The maximum absolute atomic E-state index is 12.3. The minimum absolute atomic E-state index is 0.193. The van der Waals surface area contributed by atoms with Crippen molar-refractivity contribution in [2.45, 2.75) is 6.61 Å². The van der Waals surface area contributed by atoms with E-state index in [-0.39, 0.29) is 5.76 Å². The van der Waals surface area contributed by atoms with Crippen LogP contribution in [0.25, 0.3) is 11.0 Å². The molecule has 1 heterocycles. The highest BCUT2D eigenvalue weighted by molar-refractivity contribution is 9.10. The zero-order chi connectivity index (χ0) is 22.5. The Morgan fingerprint density at radius 3 is 2.62 bits per heavy atom. The fourth-order valence-corrected chi connectivity index (χ4v) is 3.84. The van der Waals surface area contributed by atoms with Crippen LogP contribution in [0.5, 0.6) is 11.5 Å². The van der Waals surface area contributed by atoms with Crippen LogP contribution in [0, 0.1) is 0 Å². The van der Waals surface area contributed by atoms with E-state index in [1.54, 1.807) is 25.3 Å². The van der Waals surface area contributed by atoms with Gasteiger partial charge in [0.05, 0.1) is 17.8 Å². The highest BCUT2D eigenvalue weighted by Crippen LogP contribution is 2.37. The third-order valence-corrected chi connectivity index (χ3v) is 5.69. The molecule has 0 aliphatic carbocycles. The van der Waals surface area contributed by atoms with Gasteiger partial charge in [0.15, 0.2) is 17.3 Å². The molecule has 0 radical (unpaired) electrons. The molecule has 3 aromatic carbocycles. The first kappa shape index (κ1) is 22.1. The van der Waals surface area contributed by atoms with Crippen molar-refractivity contribution in [2.75, 3.05) is 7.11 Å². The zero-order valence-corrected chi connectivity index (χ0v) is 20.1. The van der Waals surface area contributed by atoms with Gasteiger partial charge in [-0.25, -0.2) is 5.43 Å². The molecule has 162 valence electrons. The average Bonchev–Trinajstić information content (AvgIpc) is 3.23. The summed E-state index contributed by atoms with van der Waals surface area (Å²) in [6.45, 7) is 0.392. The monoisotopic (exact) mass is 556 g/mol. The second-order valence-corrected chi connectivity index (χ2v) is 8.57. The topological polar surface area (TPSA) is 73.1 Å². The maximum atomic E-state index is 12.3. The van der Waals surface area contributed by atoms with Gasteiger partial charge in [0.25, 0.3) is 0 Å². The number of carbonyl (C=O) groups excluding carboxylic acids is 1. The van der Waals surface area contributed by atoms with Gasteiger partial charge in [-0.3, -0.25) is 4.79 Å². The number of fused-ring (bicyclic) bond motifs is 1. The highest BCUT2D eigenvalue weighted by atomic mass is 79.9. The number of hydrogen-bond acceptors (Lipinski definition) is 5. The molecule has 0 saturated heterocycles. The summed E-state index contributed by atoms with van der Waals surface area (Å²) in [5.74, 6) is 0.886. The lowest BCUT2D eigenvalue weighted by atomic mass is 10.2. The molecule has 0 fully saturated rings. The van der Waals surface area contributed by atoms with E-state index in [0.717, 1.165) is 21.0 Å². The molecule has 0 spiro atoms. The summed E-state index contributed by atoms with van der Waals surface area (Å²) in [4.78, 5) is 12.3. The smallest absolute Gasteiger partial charge is 0.307 e. The number of nitrogens with one attached hydrogen (secondary N) is 1. The Hall–Kier alpha value is -3.10. The van der Waals surface area contributed by atoms with Crippen LogP contribution in [-0.2, 0) is 6.61 Å². The molecule has 0 unspecified atom stereocenters. The first-order valence-corrected chi connectivity index (χ1v) is 11.2. The van der Waals surface area contributed by atoms with Crippen LogP contribution in [-0.4, -0.2) is 19.2 Å². The molecular weight excluding hydrogens is 540 g/mol. The van der Waals surface area contributed by atoms with Crippen molar-refractivity contribution in [3.8, 4) is 11.5 Å². The van der Waals surface area contributed by atoms with Gasteiger partial charge in [-0.1, -0.05) is 46.3 Å². The van der Waals surface area contributed by atoms with Gasteiger partial charge in [0, 0.05) is 9.86 Å². The van der Waals surface area contributed by atoms with Crippen LogP contribution in [0.1, 0.15) is 21.7 Å². The third-order valence-electron chi connectivity index (χ3n) is 4.58. The van der Waals surface area contributed by atoms with E-state index in [0.29, 0.717) is 28.2 Å². The largest absolute Gasteiger partial charge is 0.493 e. The minimum atomic E-state index is -0.432. The zero-order valence-electron chi connectivity index (χ0n) is 17.0. The van der Waals surface area contributed by atoms with Crippen LogP contribution in [0.3, 0.4) is 0 Å². The Labute approximate surface area is 201 Å². The summed E-state index contributed by atoms with van der Waals surface area (Å²) in [5, 5.41) is 4.89. The van der Waals surface area contributed by atoms with E-state index < -0.39 is 5.91 Å². The van der Waals surface area contributed by atoms with Crippen molar-refractivity contribution in [2.24, 2.45) is 5.10 Å². The lowest BCUT2D eigenvalue weighted by molar-refractivity contribution is 0.0929. The summed E-state index contributed by atoms with van der Waals surface area (Å²) in [7, 11) is 1.57. The van der Waals surface area contributed by atoms with E-state index in [1.165, 1.54) is 6.21 Å². The van der Waals surface area contributed by atoms with Crippen molar-refractivity contribution in [3.05, 3.63) is 92.6 Å². The number of rotatable bonds is 7. The van der Waals surface area contributed by atoms with Gasteiger partial charge in [-0.05, 0) is 63.5 Å². The minimum Gasteiger partial charge on any atom is -0.493 e. The molecule has 32 heavy (non-hydrogen) atoms. The number of hydrazone groups is 1. The molecule has 1 aromatic heterocycles. The Balaban J connectivity index is 1.44. The number of halogens is 2. The molecule has 0 bridgehead atoms. The molecule has 6 nitrogen and oxygen atoms in total. The predicted molar refractivity (Wildman–Crippen MR) is 130 cm³/mol. The number of para-hydroxylation sites is 1. The second kappa shape index (κ2) is 10.0. The number of carbonyl (C=O) groups is 1. The Morgan fingerprint density at radius 2 is 1.88 bits per heavy atom. The first-order chi connectivity index (χ1) is 15.5. The molecule has 4 aromatic rings. The molecule has 8 heteroatoms. The van der Waals surface area contributed by atoms with Crippen molar-refractivity contribution in [1.82, 2.24) is 5.43 Å². The lowest BCUT2D eigenvalue weighted by Gasteiger charge is -2.13. The number of furan rings is 1. The van der Waals surface area contributed by atoms with Crippen LogP contribution in [0.15, 0.2) is 85.2 Å². The van der Waals surface area contributed by atoms with Gasteiger partial charge < -0.3 is 13.9 Å². The van der Waals surface area contributed by atoms with Crippen molar-refractivity contribution in [1.29, 1.82) is 0 Å². The van der Waals surface area contributed by atoms with Gasteiger partial charge >= 0.3 is 5.91 Å². The lowest BCUT2D eigenvalue weighted by Crippen LogP contribution is -2.16. The summed E-state index contributed by atoms with van der Waals surface area (Å²) in [6.07, 6.45) is 1.52. The molecule has 1 N–H and O–H groups in total. The predicted octanol–water partition coefficient (Wildman–Crippen LogP) is 6.31. The fourth-order valence-electron chi connectivity index (χ4n) is 3.00. The molecule has 4 rings (SSSR count). The molecule has 1 amide bonds. The summed E-state index contributed by atoms with van der Waals surface area (Å²) < 4.78 is 18.7. The van der Waals surface area contributed by atoms with Gasteiger partial charge in [0.2, 0.25) is 0 Å². The van der Waals surface area contributed by atoms with Crippen molar-refractivity contribution in [3.63, 3.8) is 0 Å². The van der Waals surface area contributed by atoms with Crippen LogP contribution in [0.4, 0.5) is 0 Å². The Morgan fingerprint density at radius 1 is 1.09 bits per heavy atom. The van der Waals surface area contributed by atoms with Crippen LogP contribution >= 0.6 is 31.9 Å². The molecule has 0 aliphatic heterocycles. The van der Waals surface area contributed by atoms with E-state index >= 15 is 0 Å². The van der Waals surface area contributed by atoms with Crippen molar-refractivity contribution >= 4 is 55.0 Å².